The zero-order chi connectivity index (χ0) is 41.4. The van der Waals surface area contributed by atoms with Gasteiger partial charge in [-0.3, -0.25) is 0 Å². The third kappa shape index (κ3) is 5.78. The van der Waals surface area contributed by atoms with Crippen molar-refractivity contribution in [3.8, 4) is 33.4 Å². The maximum Gasteiger partial charge on any atom is 0.143 e. The molecule has 0 spiro atoms. The third-order valence-electron chi connectivity index (χ3n) is 12.8. The van der Waals surface area contributed by atoms with Gasteiger partial charge in [-0.15, -0.1) is 11.3 Å². The first-order valence-electron chi connectivity index (χ1n) is 21.5. The summed E-state index contributed by atoms with van der Waals surface area (Å²) in [5, 5.41) is 12.2. The Hall–Kier alpha value is -7.98. The van der Waals surface area contributed by atoms with E-state index >= 15 is 0 Å². The Balaban J connectivity index is 1.07. The van der Waals surface area contributed by atoms with Crippen LogP contribution in [0.4, 0.5) is 17.1 Å². The molecule has 0 saturated heterocycles. The normalized spacial score (nSPS) is 11.8. The van der Waals surface area contributed by atoms with E-state index in [9.17, 15) is 0 Å². The minimum Gasteiger partial charge on any atom is -0.455 e. The molecule has 2 nitrogen and oxygen atoms in total. The number of hydrogen-bond donors (Lipinski definition) is 0. The molecule has 0 amide bonds. The van der Waals surface area contributed by atoms with E-state index in [1.54, 1.807) is 0 Å². The molecule has 0 aliphatic heterocycles. The van der Waals surface area contributed by atoms with Crippen LogP contribution >= 0.6 is 11.3 Å². The number of para-hydroxylation sites is 2. The Labute approximate surface area is 368 Å². The summed E-state index contributed by atoms with van der Waals surface area (Å²) in [6, 6.07) is 82.0. The van der Waals surface area contributed by atoms with Gasteiger partial charge >= 0.3 is 0 Å². The molecule has 11 aromatic carbocycles. The summed E-state index contributed by atoms with van der Waals surface area (Å²) in [6.07, 6.45) is 0. The van der Waals surface area contributed by atoms with Crippen LogP contribution in [0.15, 0.2) is 229 Å². The number of furan rings is 1. The second-order valence-electron chi connectivity index (χ2n) is 16.4. The molecule has 2 aromatic heterocycles. The molecule has 0 saturated carbocycles. The van der Waals surface area contributed by atoms with E-state index < -0.39 is 0 Å². The number of anilines is 3. The summed E-state index contributed by atoms with van der Waals surface area (Å²) < 4.78 is 9.23. The first kappa shape index (κ1) is 35.7. The van der Waals surface area contributed by atoms with Crippen molar-refractivity contribution in [3.05, 3.63) is 224 Å². The van der Waals surface area contributed by atoms with Crippen LogP contribution in [0.25, 0.3) is 108 Å². The zero-order valence-corrected chi connectivity index (χ0v) is 34.9. The Morgan fingerprint density at radius 3 is 1.83 bits per heavy atom. The smallest absolute Gasteiger partial charge is 0.143 e. The highest BCUT2D eigenvalue weighted by molar-refractivity contribution is 7.25. The van der Waals surface area contributed by atoms with Gasteiger partial charge in [0, 0.05) is 58.8 Å². The van der Waals surface area contributed by atoms with Gasteiger partial charge in [-0.05, 0) is 97.7 Å². The van der Waals surface area contributed by atoms with Crippen molar-refractivity contribution in [3.63, 3.8) is 0 Å². The molecule has 0 bridgehead atoms. The lowest BCUT2D eigenvalue weighted by Gasteiger charge is -2.31. The average Bonchev–Trinajstić information content (AvgIpc) is 3.93. The lowest BCUT2D eigenvalue weighted by molar-refractivity contribution is 0.670. The van der Waals surface area contributed by atoms with Gasteiger partial charge in [-0.25, -0.2) is 0 Å². The van der Waals surface area contributed by atoms with Crippen molar-refractivity contribution in [2.45, 2.75) is 0 Å². The fourth-order valence-corrected chi connectivity index (χ4v) is 11.0. The fourth-order valence-electron chi connectivity index (χ4n) is 9.89. The van der Waals surface area contributed by atoms with Crippen molar-refractivity contribution in [1.82, 2.24) is 0 Å². The van der Waals surface area contributed by atoms with E-state index in [-0.39, 0.29) is 0 Å². The number of rotatable bonds is 6. The first-order valence-corrected chi connectivity index (χ1v) is 22.3. The second kappa shape index (κ2) is 14.3. The molecule has 0 radical (unpaired) electrons. The molecular weight excluding hydrogens is 783 g/mol. The van der Waals surface area contributed by atoms with Gasteiger partial charge in [0.15, 0.2) is 0 Å². The summed E-state index contributed by atoms with van der Waals surface area (Å²) in [6.45, 7) is 0. The molecule has 13 rings (SSSR count). The third-order valence-corrected chi connectivity index (χ3v) is 14.0. The minimum atomic E-state index is 0.895. The van der Waals surface area contributed by atoms with Crippen LogP contribution in [0.2, 0.25) is 0 Å². The molecule has 294 valence electrons. The predicted octanol–water partition coefficient (Wildman–Crippen LogP) is 17.9. The number of hydrogen-bond acceptors (Lipinski definition) is 3. The fraction of sp³-hybridized carbons (Fsp3) is 0. The van der Waals surface area contributed by atoms with E-state index in [4.69, 9.17) is 4.42 Å². The lowest BCUT2D eigenvalue weighted by Crippen LogP contribution is -2.12. The van der Waals surface area contributed by atoms with Crippen LogP contribution in [0.5, 0.6) is 0 Å². The van der Waals surface area contributed by atoms with E-state index in [0.29, 0.717) is 0 Å². The van der Waals surface area contributed by atoms with Crippen LogP contribution in [0.1, 0.15) is 0 Å². The average molecular weight is 820 g/mol. The van der Waals surface area contributed by atoms with E-state index in [1.807, 2.05) is 17.4 Å². The maximum absolute atomic E-state index is 6.61. The molecule has 0 aliphatic rings. The maximum atomic E-state index is 6.61. The Morgan fingerprint density at radius 2 is 0.968 bits per heavy atom. The number of thiophene rings is 1. The van der Waals surface area contributed by atoms with Gasteiger partial charge in [0.1, 0.15) is 11.2 Å². The van der Waals surface area contributed by atoms with Crippen molar-refractivity contribution in [2.24, 2.45) is 0 Å². The zero-order valence-electron chi connectivity index (χ0n) is 34.1. The van der Waals surface area contributed by atoms with Gasteiger partial charge < -0.3 is 9.32 Å². The van der Waals surface area contributed by atoms with Gasteiger partial charge in [0.25, 0.3) is 0 Å². The van der Waals surface area contributed by atoms with Crippen molar-refractivity contribution in [1.29, 1.82) is 0 Å². The lowest BCUT2D eigenvalue weighted by atomic mass is 9.89. The van der Waals surface area contributed by atoms with Crippen LogP contribution in [0.3, 0.4) is 0 Å². The molecule has 0 unspecified atom stereocenters. The molecule has 63 heavy (non-hydrogen) atoms. The Morgan fingerprint density at radius 1 is 0.333 bits per heavy atom. The van der Waals surface area contributed by atoms with Gasteiger partial charge in [-0.2, -0.15) is 0 Å². The number of fused-ring (bicyclic) bond motifs is 10. The highest BCUT2D eigenvalue weighted by atomic mass is 32.1. The van der Waals surface area contributed by atoms with Gasteiger partial charge in [0.05, 0.1) is 5.69 Å². The molecule has 0 N–H and O–H groups in total. The van der Waals surface area contributed by atoms with Crippen molar-refractivity contribution < 1.29 is 4.42 Å². The van der Waals surface area contributed by atoms with Crippen molar-refractivity contribution in [2.75, 3.05) is 4.90 Å². The Kier molecular flexibility index (Phi) is 8.12. The molecule has 2 heterocycles. The van der Waals surface area contributed by atoms with E-state index in [2.05, 4.69) is 223 Å². The second-order valence-corrected chi connectivity index (χ2v) is 17.5. The largest absolute Gasteiger partial charge is 0.455 e. The first-order chi connectivity index (χ1) is 31.2. The summed E-state index contributed by atoms with van der Waals surface area (Å²) in [7, 11) is 0. The Bertz CT molecular complexity index is 3930. The summed E-state index contributed by atoms with van der Waals surface area (Å²) >= 11 is 1.86. The van der Waals surface area contributed by atoms with E-state index in [0.717, 1.165) is 50.1 Å². The van der Waals surface area contributed by atoms with Crippen molar-refractivity contribution >= 4 is 103 Å². The summed E-state index contributed by atoms with van der Waals surface area (Å²) in [4.78, 5) is 2.49. The summed E-state index contributed by atoms with van der Waals surface area (Å²) in [5.74, 6) is 0. The summed E-state index contributed by atoms with van der Waals surface area (Å²) in [5.41, 5.74) is 12.0. The minimum absolute atomic E-state index is 0.895. The molecule has 0 fully saturated rings. The molecule has 3 heteroatoms. The van der Waals surface area contributed by atoms with Crippen LogP contribution in [-0.4, -0.2) is 0 Å². The predicted molar refractivity (Wildman–Crippen MR) is 270 cm³/mol. The van der Waals surface area contributed by atoms with Gasteiger partial charge in [-0.1, -0.05) is 176 Å². The van der Waals surface area contributed by atoms with Gasteiger partial charge in [0.2, 0.25) is 0 Å². The molecule has 0 atom stereocenters. The van der Waals surface area contributed by atoms with E-state index in [1.165, 1.54) is 74.7 Å². The molecule has 0 aliphatic carbocycles. The molecule has 13 aromatic rings. The number of nitrogens with zero attached hydrogens (tertiary/aromatic N) is 1. The SMILES string of the molecule is c1cc(-c2cccc3c2oc2ccccc23)cc(N(c2ccc(-c3ccc4c(c3)sc3ccccc34)cc2)c2c(-c3ccc4ccccc4c3)c3ccccc3c3ccccc23)c1. The van der Waals surface area contributed by atoms with Crippen LogP contribution in [-0.2, 0) is 0 Å². The van der Waals surface area contributed by atoms with Crippen LogP contribution < -0.4 is 4.90 Å². The number of benzene rings is 11. The monoisotopic (exact) mass is 819 g/mol. The van der Waals surface area contributed by atoms with Crippen LogP contribution in [0, 0.1) is 0 Å². The highest BCUT2D eigenvalue weighted by Gasteiger charge is 2.25. The topological polar surface area (TPSA) is 16.4 Å². The quantitative estimate of drug-likeness (QED) is 0.155. The molecular formula is C60H37NOS. The highest BCUT2D eigenvalue weighted by Crippen LogP contribution is 2.51. The standard InChI is InChI=1S/C60H37NOS/c1-2-14-40-35-43(28-27-38(40)13-1)58-52-21-5-3-17-47(52)48-18-4-6-22-53(48)59(58)61(44-32-29-39(30-33-44)41-31-34-51-50-20-8-10-26-56(50)63-57(51)37-41)45-16-11-15-42(36-45)46-23-12-24-54-49-19-7-9-25-55(49)62-60(46)54/h1-37H.